The molecule has 7 nitrogen and oxygen atoms in total. The molecule has 0 aliphatic carbocycles. The molecule has 2 aromatic rings. The van der Waals surface area contributed by atoms with E-state index in [1.54, 1.807) is 5.38 Å². The number of benzene rings is 1. The van der Waals surface area contributed by atoms with E-state index in [1.165, 1.54) is 11.3 Å². The normalized spacial score (nSPS) is 13.3. The largest absolute Gasteiger partial charge is 0.394 e. The number of primary amides is 1. The van der Waals surface area contributed by atoms with Crippen molar-refractivity contribution >= 4 is 23.2 Å². The maximum absolute atomic E-state index is 12.0. The molecule has 0 spiro atoms. The number of rotatable bonds is 7. The third-order valence-electron chi connectivity index (χ3n) is 3.20. The van der Waals surface area contributed by atoms with Gasteiger partial charge in [-0.15, -0.1) is 11.3 Å². The van der Waals surface area contributed by atoms with Crippen LogP contribution in [0.1, 0.15) is 27.1 Å². The number of nitrogens with one attached hydrogen (secondary N) is 1. The predicted molar refractivity (Wildman–Crippen MR) is 86.7 cm³/mol. The molecule has 2 unspecified atom stereocenters. The Morgan fingerprint density at radius 1 is 1.30 bits per heavy atom. The first-order valence-electron chi connectivity index (χ1n) is 6.97. The summed E-state index contributed by atoms with van der Waals surface area (Å²) in [7, 11) is 0. The smallest absolute Gasteiger partial charge is 0.271 e. The number of carbonyl (C=O) groups is 2. The number of aliphatic hydroxyl groups is 1. The molecule has 1 aromatic heterocycles. The zero-order valence-electron chi connectivity index (χ0n) is 12.3. The Hall–Kier alpha value is -2.29. The zero-order valence-corrected chi connectivity index (χ0v) is 13.1. The molecule has 2 amide bonds. The SMILES string of the molecule is NC(=O)C(CO)NC(=O)c1csc(C(N)Cc2ccccc2)n1. The average molecular weight is 334 g/mol. The van der Waals surface area contributed by atoms with E-state index in [-0.39, 0.29) is 11.7 Å². The minimum absolute atomic E-state index is 0.146. The topological polar surface area (TPSA) is 131 Å². The molecule has 1 aromatic carbocycles. The summed E-state index contributed by atoms with van der Waals surface area (Å²) in [4.78, 5) is 27.2. The first-order valence-corrected chi connectivity index (χ1v) is 7.85. The number of thiazole rings is 1. The average Bonchev–Trinajstić information content (AvgIpc) is 3.03. The van der Waals surface area contributed by atoms with Gasteiger partial charge >= 0.3 is 0 Å². The number of hydrogen-bond acceptors (Lipinski definition) is 6. The van der Waals surface area contributed by atoms with Crippen LogP contribution in [0.4, 0.5) is 0 Å². The summed E-state index contributed by atoms with van der Waals surface area (Å²) in [6.45, 7) is -0.564. The van der Waals surface area contributed by atoms with Gasteiger partial charge in [-0.1, -0.05) is 30.3 Å². The molecule has 0 radical (unpaired) electrons. The fourth-order valence-electron chi connectivity index (χ4n) is 1.96. The van der Waals surface area contributed by atoms with Gasteiger partial charge in [0.05, 0.1) is 12.6 Å². The standard InChI is InChI=1S/C15H18N4O3S/c16-10(6-9-4-2-1-3-5-9)15-19-12(8-23-15)14(22)18-11(7-20)13(17)21/h1-5,8,10-11,20H,6-7,16H2,(H2,17,21)(H,18,22). The quantitative estimate of drug-likeness (QED) is 0.564. The van der Waals surface area contributed by atoms with Crippen LogP contribution in [0.3, 0.4) is 0 Å². The van der Waals surface area contributed by atoms with Crippen LogP contribution in [0.25, 0.3) is 0 Å². The van der Waals surface area contributed by atoms with E-state index in [2.05, 4.69) is 10.3 Å². The van der Waals surface area contributed by atoms with Gasteiger partial charge < -0.3 is 21.9 Å². The van der Waals surface area contributed by atoms with Gasteiger partial charge in [0, 0.05) is 5.38 Å². The van der Waals surface area contributed by atoms with Crippen LogP contribution >= 0.6 is 11.3 Å². The number of amides is 2. The van der Waals surface area contributed by atoms with Crippen LogP contribution in [0.5, 0.6) is 0 Å². The second-order valence-electron chi connectivity index (χ2n) is 4.98. The van der Waals surface area contributed by atoms with Gasteiger partial charge in [0.15, 0.2) is 0 Å². The van der Waals surface area contributed by atoms with E-state index in [9.17, 15) is 9.59 Å². The monoisotopic (exact) mass is 334 g/mol. The van der Waals surface area contributed by atoms with Gasteiger partial charge in [-0.3, -0.25) is 9.59 Å². The van der Waals surface area contributed by atoms with Crippen molar-refractivity contribution in [3.63, 3.8) is 0 Å². The van der Waals surface area contributed by atoms with Gasteiger partial charge in [-0.05, 0) is 12.0 Å². The highest BCUT2D eigenvalue weighted by Crippen LogP contribution is 2.20. The summed E-state index contributed by atoms with van der Waals surface area (Å²) in [5, 5.41) is 13.5. The molecule has 0 saturated heterocycles. The van der Waals surface area contributed by atoms with Crippen LogP contribution in [0.2, 0.25) is 0 Å². The van der Waals surface area contributed by atoms with E-state index in [4.69, 9.17) is 16.6 Å². The number of hydrogen-bond donors (Lipinski definition) is 4. The molecule has 0 fully saturated rings. The summed E-state index contributed by atoms with van der Waals surface area (Å²) in [6.07, 6.45) is 0.607. The molecule has 2 rings (SSSR count). The van der Waals surface area contributed by atoms with Crippen LogP contribution in [0.15, 0.2) is 35.7 Å². The molecule has 0 aliphatic heterocycles. The lowest BCUT2D eigenvalue weighted by molar-refractivity contribution is -0.120. The predicted octanol–water partition coefficient (Wildman–Crippen LogP) is -0.0384. The van der Waals surface area contributed by atoms with Gasteiger partial charge in [-0.2, -0.15) is 0 Å². The highest BCUT2D eigenvalue weighted by atomic mass is 32.1. The second kappa shape index (κ2) is 7.82. The number of aromatic nitrogens is 1. The first kappa shape index (κ1) is 17.1. The molecular formula is C15H18N4O3S. The van der Waals surface area contributed by atoms with E-state index in [1.807, 2.05) is 30.3 Å². The molecule has 0 aliphatic rings. The fourth-order valence-corrected chi connectivity index (χ4v) is 2.76. The zero-order chi connectivity index (χ0) is 16.8. The second-order valence-corrected chi connectivity index (χ2v) is 5.87. The van der Waals surface area contributed by atoms with Gasteiger partial charge in [0.1, 0.15) is 16.7 Å². The molecule has 23 heavy (non-hydrogen) atoms. The summed E-state index contributed by atoms with van der Waals surface area (Å²) in [5.74, 6) is -1.38. The maximum Gasteiger partial charge on any atom is 0.271 e. The first-order chi connectivity index (χ1) is 11.0. The lowest BCUT2D eigenvalue weighted by Gasteiger charge is -2.11. The van der Waals surface area contributed by atoms with Crippen molar-refractivity contribution in [3.05, 3.63) is 52.0 Å². The van der Waals surface area contributed by atoms with Gasteiger partial charge in [0.25, 0.3) is 5.91 Å². The Bertz CT molecular complexity index is 674. The van der Waals surface area contributed by atoms with E-state index in [0.717, 1.165) is 5.56 Å². The number of nitrogens with zero attached hydrogens (tertiary/aromatic N) is 1. The van der Waals surface area contributed by atoms with Crippen molar-refractivity contribution < 1.29 is 14.7 Å². The van der Waals surface area contributed by atoms with Crippen molar-refractivity contribution in [1.82, 2.24) is 10.3 Å². The van der Waals surface area contributed by atoms with Crippen LogP contribution in [-0.4, -0.2) is 34.6 Å². The summed E-state index contributed by atoms with van der Waals surface area (Å²) in [5.41, 5.74) is 12.4. The maximum atomic E-state index is 12.0. The molecule has 6 N–H and O–H groups in total. The van der Waals surface area contributed by atoms with Crippen molar-refractivity contribution in [1.29, 1.82) is 0 Å². The van der Waals surface area contributed by atoms with Crippen molar-refractivity contribution in [2.75, 3.05) is 6.61 Å². The highest BCUT2D eigenvalue weighted by molar-refractivity contribution is 7.09. The summed E-state index contributed by atoms with van der Waals surface area (Å²) >= 11 is 1.27. The summed E-state index contributed by atoms with van der Waals surface area (Å²) < 4.78 is 0. The van der Waals surface area contributed by atoms with E-state index in [0.29, 0.717) is 11.4 Å². The Balaban J connectivity index is 2.02. The Morgan fingerprint density at radius 3 is 2.61 bits per heavy atom. The third kappa shape index (κ3) is 4.59. The van der Waals surface area contributed by atoms with Crippen molar-refractivity contribution in [2.45, 2.75) is 18.5 Å². The lowest BCUT2D eigenvalue weighted by Crippen LogP contribution is -2.46. The molecule has 0 saturated carbocycles. The molecule has 2 atom stereocenters. The molecule has 8 heteroatoms. The van der Waals surface area contributed by atoms with Gasteiger partial charge in [-0.25, -0.2) is 4.98 Å². The van der Waals surface area contributed by atoms with Crippen LogP contribution in [0, 0.1) is 0 Å². The molecule has 1 heterocycles. The van der Waals surface area contributed by atoms with Crippen LogP contribution in [-0.2, 0) is 11.2 Å². The number of nitrogens with two attached hydrogens (primary N) is 2. The minimum Gasteiger partial charge on any atom is -0.394 e. The highest BCUT2D eigenvalue weighted by Gasteiger charge is 2.21. The Morgan fingerprint density at radius 2 is 2.00 bits per heavy atom. The van der Waals surface area contributed by atoms with Crippen molar-refractivity contribution in [2.24, 2.45) is 11.5 Å². The van der Waals surface area contributed by atoms with E-state index < -0.39 is 24.5 Å². The van der Waals surface area contributed by atoms with Gasteiger partial charge in [0.2, 0.25) is 5.91 Å². The third-order valence-corrected chi connectivity index (χ3v) is 4.18. The Kier molecular flexibility index (Phi) is 5.80. The number of aliphatic hydroxyl groups excluding tert-OH is 1. The number of carbonyl (C=O) groups excluding carboxylic acids is 2. The Labute approximate surface area is 137 Å². The van der Waals surface area contributed by atoms with E-state index >= 15 is 0 Å². The minimum atomic E-state index is -1.13. The molecular weight excluding hydrogens is 316 g/mol. The molecule has 122 valence electrons. The lowest BCUT2D eigenvalue weighted by atomic mass is 10.1. The fraction of sp³-hybridized carbons (Fsp3) is 0.267. The van der Waals surface area contributed by atoms with Crippen LogP contribution < -0.4 is 16.8 Å². The molecule has 0 bridgehead atoms. The van der Waals surface area contributed by atoms with Crippen molar-refractivity contribution in [3.8, 4) is 0 Å². The summed E-state index contributed by atoms with van der Waals surface area (Å²) in [6, 6.07) is 8.28.